The van der Waals surface area contributed by atoms with Gasteiger partial charge in [0.2, 0.25) is 0 Å². The van der Waals surface area contributed by atoms with E-state index in [9.17, 15) is 9.59 Å². The van der Waals surface area contributed by atoms with E-state index in [-0.39, 0.29) is 17.9 Å². The van der Waals surface area contributed by atoms with Gasteiger partial charge in [-0.3, -0.25) is 4.79 Å². The first kappa shape index (κ1) is 16.8. The number of ether oxygens (including phenoxy) is 1. The summed E-state index contributed by atoms with van der Waals surface area (Å²) < 4.78 is 5.04. The fraction of sp³-hybridized carbons (Fsp3) is 0.625. The number of piperidine rings is 1. The fourth-order valence-corrected chi connectivity index (χ4v) is 3.46. The van der Waals surface area contributed by atoms with Crippen LogP contribution in [0.2, 0.25) is 0 Å². The Bertz CT molecular complexity index is 507. The van der Waals surface area contributed by atoms with Crippen molar-refractivity contribution in [2.24, 2.45) is 5.92 Å². The number of urea groups is 1. The molecule has 122 valence electrons. The molecule has 5 nitrogen and oxygen atoms in total. The van der Waals surface area contributed by atoms with Gasteiger partial charge in [0.15, 0.2) is 0 Å². The van der Waals surface area contributed by atoms with Crippen molar-refractivity contribution in [1.29, 1.82) is 0 Å². The average Bonchev–Trinajstić information content (AvgIpc) is 3.01. The lowest BCUT2D eigenvalue weighted by molar-refractivity contribution is -0.149. The number of carbonyl (C=O) groups excluding carboxylic acids is 2. The van der Waals surface area contributed by atoms with Crippen molar-refractivity contribution >= 4 is 23.3 Å². The molecule has 2 amide bonds. The lowest BCUT2D eigenvalue weighted by Gasteiger charge is -2.30. The summed E-state index contributed by atoms with van der Waals surface area (Å²) in [5.74, 6) is -0.193. The summed E-state index contributed by atoms with van der Waals surface area (Å²) >= 11 is 1.74. The van der Waals surface area contributed by atoms with Crippen LogP contribution in [0.1, 0.15) is 36.4 Å². The molecule has 0 aromatic carbocycles. The van der Waals surface area contributed by atoms with Crippen molar-refractivity contribution in [3.63, 3.8) is 0 Å². The van der Waals surface area contributed by atoms with Gasteiger partial charge >= 0.3 is 12.0 Å². The van der Waals surface area contributed by atoms with Gasteiger partial charge in [0.1, 0.15) is 0 Å². The highest BCUT2D eigenvalue weighted by atomic mass is 32.1. The van der Waals surface area contributed by atoms with Crippen LogP contribution in [0.15, 0.2) is 12.1 Å². The first-order valence-corrected chi connectivity index (χ1v) is 8.72. The zero-order chi connectivity index (χ0) is 15.9. The maximum atomic E-state index is 12.2. The average molecular weight is 324 g/mol. The van der Waals surface area contributed by atoms with Gasteiger partial charge in [-0.15, -0.1) is 11.3 Å². The van der Waals surface area contributed by atoms with Gasteiger partial charge in [0, 0.05) is 22.8 Å². The highest BCUT2D eigenvalue weighted by Gasteiger charge is 2.28. The summed E-state index contributed by atoms with van der Waals surface area (Å²) in [6.45, 7) is 6.15. The molecule has 0 aliphatic carbocycles. The molecule has 0 spiro atoms. The molecule has 1 aliphatic rings. The van der Waals surface area contributed by atoms with E-state index in [1.807, 2.05) is 6.92 Å². The molecule has 2 rings (SSSR count). The van der Waals surface area contributed by atoms with Crippen LogP contribution in [0.4, 0.5) is 4.79 Å². The van der Waals surface area contributed by atoms with Crippen molar-refractivity contribution in [3.05, 3.63) is 21.9 Å². The molecule has 1 N–H and O–H groups in total. The smallest absolute Gasteiger partial charge is 0.317 e. The molecule has 1 aliphatic heterocycles. The number of thiophene rings is 1. The second kappa shape index (κ2) is 8.17. The predicted octanol–water partition coefficient (Wildman–Crippen LogP) is 2.80. The van der Waals surface area contributed by atoms with E-state index in [0.29, 0.717) is 39.1 Å². The molecule has 2 heterocycles. The third-order valence-corrected chi connectivity index (χ3v) is 5.11. The lowest BCUT2D eigenvalue weighted by atomic mass is 9.97. The van der Waals surface area contributed by atoms with Crippen LogP contribution >= 0.6 is 11.3 Å². The first-order valence-electron chi connectivity index (χ1n) is 7.91. The largest absolute Gasteiger partial charge is 0.466 e. The molecule has 0 atom stereocenters. The number of hydrogen-bond donors (Lipinski definition) is 1. The molecule has 1 fully saturated rings. The maximum absolute atomic E-state index is 12.2. The summed E-state index contributed by atoms with van der Waals surface area (Å²) in [6.07, 6.45) is 2.40. The molecule has 1 saturated heterocycles. The Balaban J connectivity index is 1.74. The Labute approximate surface area is 135 Å². The minimum atomic E-state index is -0.131. The third-order valence-electron chi connectivity index (χ3n) is 3.88. The van der Waals surface area contributed by atoms with Gasteiger partial charge in [-0.2, -0.15) is 0 Å². The highest BCUT2D eigenvalue weighted by Crippen LogP contribution is 2.19. The van der Waals surface area contributed by atoms with E-state index in [1.54, 1.807) is 16.2 Å². The Morgan fingerprint density at radius 2 is 1.95 bits per heavy atom. The third kappa shape index (κ3) is 4.47. The van der Waals surface area contributed by atoms with Crippen LogP contribution in [0.25, 0.3) is 0 Å². The Kier molecular flexibility index (Phi) is 6.24. The standard InChI is InChI=1S/C16H24N2O3S/c1-3-13-5-6-14(22-13)11-17-16(20)18-9-7-12(8-10-18)15(19)21-4-2/h5-6,12H,3-4,7-11H2,1-2H3,(H,17,20). The summed E-state index contributed by atoms with van der Waals surface area (Å²) in [5.41, 5.74) is 0. The summed E-state index contributed by atoms with van der Waals surface area (Å²) in [7, 11) is 0. The van der Waals surface area contributed by atoms with Crippen molar-refractivity contribution in [3.8, 4) is 0 Å². The van der Waals surface area contributed by atoms with Gasteiger partial charge in [0.25, 0.3) is 0 Å². The molecule has 1 aromatic heterocycles. The van der Waals surface area contributed by atoms with E-state index in [1.165, 1.54) is 9.75 Å². The van der Waals surface area contributed by atoms with Crippen molar-refractivity contribution in [2.45, 2.75) is 39.7 Å². The fourth-order valence-electron chi connectivity index (χ4n) is 2.56. The van der Waals surface area contributed by atoms with Crippen LogP contribution in [-0.4, -0.2) is 36.6 Å². The molecule has 0 saturated carbocycles. The zero-order valence-electron chi connectivity index (χ0n) is 13.3. The number of esters is 1. The van der Waals surface area contributed by atoms with Crippen molar-refractivity contribution < 1.29 is 14.3 Å². The van der Waals surface area contributed by atoms with Crippen molar-refractivity contribution in [2.75, 3.05) is 19.7 Å². The second-order valence-electron chi connectivity index (χ2n) is 5.39. The van der Waals surface area contributed by atoms with Gasteiger partial charge in [0.05, 0.1) is 19.1 Å². The number of hydrogen-bond acceptors (Lipinski definition) is 4. The number of rotatable bonds is 5. The molecule has 1 aromatic rings. The van der Waals surface area contributed by atoms with Crippen LogP contribution < -0.4 is 5.32 Å². The molecule has 0 radical (unpaired) electrons. The minimum absolute atomic E-state index is 0.0474. The molecular formula is C16H24N2O3S. The summed E-state index contributed by atoms with van der Waals surface area (Å²) in [4.78, 5) is 28.1. The van der Waals surface area contributed by atoms with E-state index in [2.05, 4.69) is 24.4 Å². The molecule has 22 heavy (non-hydrogen) atoms. The van der Waals surface area contributed by atoms with Gasteiger partial charge < -0.3 is 15.0 Å². The highest BCUT2D eigenvalue weighted by molar-refractivity contribution is 7.11. The Morgan fingerprint density at radius 3 is 2.55 bits per heavy atom. The van der Waals surface area contributed by atoms with E-state index in [0.717, 1.165) is 6.42 Å². The van der Waals surface area contributed by atoms with Crippen LogP contribution in [0.5, 0.6) is 0 Å². The van der Waals surface area contributed by atoms with E-state index in [4.69, 9.17) is 4.74 Å². The van der Waals surface area contributed by atoms with Crippen LogP contribution in [0, 0.1) is 5.92 Å². The first-order chi connectivity index (χ1) is 10.6. The monoisotopic (exact) mass is 324 g/mol. The number of nitrogens with zero attached hydrogens (tertiary/aromatic N) is 1. The molecule has 0 unspecified atom stereocenters. The van der Waals surface area contributed by atoms with Crippen LogP contribution in [0.3, 0.4) is 0 Å². The quantitative estimate of drug-likeness (QED) is 0.847. The van der Waals surface area contributed by atoms with Crippen molar-refractivity contribution in [1.82, 2.24) is 10.2 Å². The number of likely N-dealkylation sites (tertiary alicyclic amines) is 1. The van der Waals surface area contributed by atoms with Crippen LogP contribution in [-0.2, 0) is 22.5 Å². The maximum Gasteiger partial charge on any atom is 0.317 e. The van der Waals surface area contributed by atoms with Gasteiger partial charge in [-0.25, -0.2) is 4.79 Å². The summed E-state index contributed by atoms with van der Waals surface area (Å²) in [6, 6.07) is 4.13. The van der Waals surface area contributed by atoms with Gasteiger partial charge in [-0.05, 0) is 38.3 Å². The number of amides is 2. The molecular weight excluding hydrogens is 300 g/mol. The molecule has 6 heteroatoms. The summed E-state index contributed by atoms with van der Waals surface area (Å²) in [5, 5.41) is 2.96. The number of aryl methyl sites for hydroxylation is 1. The van der Waals surface area contributed by atoms with E-state index < -0.39 is 0 Å². The second-order valence-corrected chi connectivity index (χ2v) is 6.65. The van der Waals surface area contributed by atoms with Gasteiger partial charge in [-0.1, -0.05) is 6.92 Å². The Hall–Kier alpha value is -1.56. The SMILES string of the molecule is CCOC(=O)C1CCN(C(=O)NCc2ccc(CC)s2)CC1. The number of nitrogens with one attached hydrogen (secondary N) is 1. The minimum Gasteiger partial charge on any atom is -0.466 e. The predicted molar refractivity (Wildman–Crippen MR) is 86.9 cm³/mol. The Morgan fingerprint density at radius 1 is 1.27 bits per heavy atom. The topological polar surface area (TPSA) is 58.6 Å². The zero-order valence-corrected chi connectivity index (χ0v) is 14.1. The number of carbonyl (C=O) groups is 2. The normalized spacial score (nSPS) is 15.6. The van der Waals surface area contributed by atoms with E-state index >= 15 is 0 Å². The lowest BCUT2D eigenvalue weighted by Crippen LogP contribution is -2.45. The molecule has 0 bridgehead atoms.